The van der Waals surface area contributed by atoms with Gasteiger partial charge in [0.15, 0.2) is 0 Å². The lowest BCUT2D eigenvalue weighted by Gasteiger charge is -2.11. The van der Waals surface area contributed by atoms with Crippen molar-refractivity contribution in [3.05, 3.63) is 77.9 Å². The zero-order valence-corrected chi connectivity index (χ0v) is 11.7. The Kier molecular flexibility index (Phi) is 3.84. The van der Waals surface area contributed by atoms with Crippen LogP contribution in [-0.2, 0) is 6.42 Å². The van der Waals surface area contributed by atoms with Crippen LogP contribution in [0, 0.1) is 11.3 Å². The maximum absolute atomic E-state index is 9.18. The van der Waals surface area contributed by atoms with E-state index in [4.69, 9.17) is 0 Å². The van der Waals surface area contributed by atoms with E-state index in [1.807, 2.05) is 36.4 Å². The average molecular weight is 272 g/mol. The molecule has 0 fully saturated rings. The fraction of sp³-hybridized carbons (Fsp3) is 0.105. The first-order chi connectivity index (χ1) is 10.4. The number of nitrogens with zero attached hydrogens (tertiary/aromatic N) is 1. The minimum Gasteiger partial charge on any atom is -0.384 e. The summed E-state index contributed by atoms with van der Waals surface area (Å²) in [6.07, 6.45) is 0.981. The Hall–Kier alpha value is -2.79. The predicted octanol–water partition coefficient (Wildman–Crippen LogP) is 4.37. The molecule has 0 radical (unpaired) electrons. The fourth-order valence-corrected chi connectivity index (χ4v) is 2.54. The molecule has 0 unspecified atom stereocenters. The number of hydrogen-bond donors (Lipinski definition) is 1. The number of rotatable bonds is 4. The van der Waals surface area contributed by atoms with Gasteiger partial charge in [0.1, 0.15) is 0 Å². The summed E-state index contributed by atoms with van der Waals surface area (Å²) in [5.41, 5.74) is 3.13. The van der Waals surface area contributed by atoms with Crippen molar-refractivity contribution < 1.29 is 0 Å². The summed E-state index contributed by atoms with van der Waals surface area (Å²) in [7, 11) is 0. The van der Waals surface area contributed by atoms with E-state index in [0.29, 0.717) is 0 Å². The van der Waals surface area contributed by atoms with Gasteiger partial charge in [-0.1, -0.05) is 54.6 Å². The van der Waals surface area contributed by atoms with Gasteiger partial charge in [0.05, 0.1) is 11.6 Å². The smallest absolute Gasteiger partial charge is 0.0998 e. The topological polar surface area (TPSA) is 35.8 Å². The zero-order valence-electron chi connectivity index (χ0n) is 11.7. The van der Waals surface area contributed by atoms with Crippen LogP contribution in [-0.4, -0.2) is 6.54 Å². The van der Waals surface area contributed by atoms with Crippen LogP contribution in [0.4, 0.5) is 5.69 Å². The Bertz CT molecular complexity index is 786. The first-order valence-electron chi connectivity index (χ1n) is 7.08. The van der Waals surface area contributed by atoms with E-state index >= 15 is 0 Å². The molecular formula is C19H16N2. The van der Waals surface area contributed by atoms with Crippen molar-refractivity contribution in [1.29, 1.82) is 5.26 Å². The van der Waals surface area contributed by atoms with Gasteiger partial charge in [-0.25, -0.2) is 0 Å². The van der Waals surface area contributed by atoms with Crippen molar-refractivity contribution in [2.75, 3.05) is 11.9 Å². The number of fused-ring (bicyclic) bond motifs is 1. The zero-order chi connectivity index (χ0) is 14.5. The Morgan fingerprint density at radius 2 is 1.52 bits per heavy atom. The third-order valence-corrected chi connectivity index (χ3v) is 3.62. The van der Waals surface area contributed by atoms with Crippen molar-refractivity contribution in [2.24, 2.45) is 0 Å². The van der Waals surface area contributed by atoms with Crippen LogP contribution in [0.15, 0.2) is 66.7 Å². The van der Waals surface area contributed by atoms with Gasteiger partial charge in [-0.05, 0) is 24.1 Å². The summed E-state index contributed by atoms with van der Waals surface area (Å²) >= 11 is 0. The molecule has 3 aromatic carbocycles. The third kappa shape index (κ3) is 2.88. The average Bonchev–Trinajstić information content (AvgIpc) is 2.56. The highest BCUT2D eigenvalue weighted by Crippen LogP contribution is 2.26. The maximum atomic E-state index is 9.18. The van der Waals surface area contributed by atoms with Gasteiger partial charge in [-0.15, -0.1) is 0 Å². The fourth-order valence-electron chi connectivity index (χ4n) is 2.54. The van der Waals surface area contributed by atoms with Gasteiger partial charge in [0.25, 0.3) is 0 Å². The van der Waals surface area contributed by atoms with Gasteiger partial charge >= 0.3 is 0 Å². The van der Waals surface area contributed by atoms with E-state index < -0.39 is 0 Å². The first-order valence-corrected chi connectivity index (χ1v) is 7.08. The standard InChI is InChI=1S/C19H16N2/c20-14-16-10-11-19(18-9-5-4-8-17(16)18)21-13-12-15-6-2-1-3-7-15/h1-11,21H,12-13H2. The van der Waals surface area contributed by atoms with Gasteiger partial charge in [-0.3, -0.25) is 0 Å². The minimum absolute atomic E-state index is 0.721. The molecule has 3 aromatic rings. The van der Waals surface area contributed by atoms with E-state index in [2.05, 4.69) is 41.7 Å². The predicted molar refractivity (Wildman–Crippen MR) is 87.3 cm³/mol. The first kappa shape index (κ1) is 13.2. The number of nitrogens with one attached hydrogen (secondary N) is 1. The maximum Gasteiger partial charge on any atom is 0.0998 e. The van der Waals surface area contributed by atoms with E-state index in [9.17, 15) is 5.26 Å². The lowest BCUT2D eigenvalue weighted by atomic mass is 10.0. The third-order valence-electron chi connectivity index (χ3n) is 3.62. The number of nitriles is 1. The molecule has 0 heterocycles. The molecule has 0 aliphatic heterocycles. The molecule has 2 nitrogen and oxygen atoms in total. The number of benzene rings is 3. The largest absolute Gasteiger partial charge is 0.384 e. The lowest BCUT2D eigenvalue weighted by Crippen LogP contribution is -2.05. The van der Waals surface area contributed by atoms with E-state index in [1.54, 1.807) is 0 Å². The van der Waals surface area contributed by atoms with Gasteiger partial charge < -0.3 is 5.32 Å². The summed E-state index contributed by atoms with van der Waals surface area (Å²) in [6.45, 7) is 0.875. The normalized spacial score (nSPS) is 10.2. The highest BCUT2D eigenvalue weighted by atomic mass is 14.9. The van der Waals surface area contributed by atoms with Crippen LogP contribution in [0.5, 0.6) is 0 Å². The van der Waals surface area contributed by atoms with E-state index in [1.165, 1.54) is 5.56 Å². The summed E-state index contributed by atoms with van der Waals surface area (Å²) in [6, 6.07) is 24.6. The summed E-state index contributed by atoms with van der Waals surface area (Å²) in [5, 5.41) is 14.8. The van der Waals surface area contributed by atoms with Crippen LogP contribution in [0.3, 0.4) is 0 Å². The Morgan fingerprint density at radius 1 is 0.810 bits per heavy atom. The number of anilines is 1. The van der Waals surface area contributed by atoms with Crippen LogP contribution in [0.25, 0.3) is 10.8 Å². The van der Waals surface area contributed by atoms with Crippen molar-refractivity contribution in [3.63, 3.8) is 0 Å². The molecule has 0 bridgehead atoms. The Morgan fingerprint density at radius 3 is 2.29 bits per heavy atom. The van der Waals surface area contributed by atoms with E-state index in [-0.39, 0.29) is 0 Å². The highest BCUT2D eigenvalue weighted by molar-refractivity contribution is 5.97. The second-order valence-electron chi connectivity index (χ2n) is 4.98. The molecule has 0 saturated carbocycles. The summed E-state index contributed by atoms with van der Waals surface area (Å²) < 4.78 is 0. The molecule has 0 spiro atoms. The Labute approximate surface area is 124 Å². The summed E-state index contributed by atoms with van der Waals surface area (Å²) in [4.78, 5) is 0. The molecule has 3 rings (SSSR count). The van der Waals surface area contributed by atoms with Crippen LogP contribution in [0.2, 0.25) is 0 Å². The Balaban J connectivity index is 1.80. The van der Waals surface area contributed by atoms with Crippen LogP contribution >= 0.6 is 0 Å². The molecule has 0 saturated heterocycles. The molecule has 0 aromatic heterocycles. The van der Waals surface area contributed by atoms with E-state index in [0.717, 1.165) is 35.0 Å². The lowest BCUT2D eigenvalue weighted by molar-refractivity contribution is 1.02. The minimum atomic E-state index is 0.721. The molecule has 0 amide bonds. The van der Waals surface area contributed by atoms with Crippen LogP contribution in [0.1, 0.15) is 11.1 Å². The van der Waals surface area contributed by atoms with Crippen molar-refractivity contribution in [2.45, 2.75) is 6.42 Å². The SMILES string of the molecule is N#Cc1ccc(NCCc2ccccc2)c2ccccc12. The monoisotopic (exact) mass is 272 g/mol. The second-order valence-corrected chi connectivity index (χ2v) is 4.98. The van der Waals surface area contributed by atoms with Gasteiger partial charge in [0.2, 0.25) is 0 Å². The molecule has 21 heavy (non-hydrogen) atoms. The molecule has 1 N–H and O–H groups in total. The molecule has 102 valence electrons. The quantitative estimate of drug-likeness (QED) is 0.765. The highest BCUT2D eigenvalue weighted by Gasteiger charge is 2.04. The van der Waals surface area contributed by atoms with Crippen molar-refractivity contribution in [1.82, 2.24) is 0 Å². The van der Waals surface area contributed by atoms with Crippen molar-refractivity contribution >= 4 is 16.5 Å². The summed E-state index contributed by atoms with van der Waals surface area (Å²) in [5.74, 6) is 0. The molecule has 0 aliphatic rings. The van der Waals surface area contributed by atoms with Gasteiger partial charge in [0, 0.05) is 23.0 Å². The number of hydrogen-bond acceptors (Lipinski definition) is 2. The molecule has 2 heteroatoms. The van der Waals surface area contributed by atoms with Gasteiger partial charge in [-0.2, -0.15) is 5.26 Å². The van der Waals surface area contributed by atoms with Crippen molar-refractivity contribution in [3.8, 4) is 6.07 Å². The molecule has 0 aliphatic carbocycles. The molecular weight excluding hydrogens is 256 g/mol. The van der Waals surface area contributed by atoms with Crippen LogP contribution < -0.4 is 5.32 Å². The molecule has 0 atom stereocenters. The second kappa shape index (κ2) is 6.11.